The van der Waals surface area contributed by atoms with Crippen molar-refractivity contribution in [1.29, 1.82) is 0 Å². The number of carbonyl (C=O) groups is 1. The Hall–Kier alpha value is -0.920. The molecule has 2 rings (SSSR count). The van der Waals surface area contributed by atoms with Gasteiger partial charge in [0, 0.05) is 23.9 Å². The molecule has 1 aromatic heterocycles. The van der Waals surface area contributed by atoms with Crippen LogP contribution in [0.15, 0.2) is 17.5 Å². The highest BCUT2D eigenvalue weighted by molar-refractivity contribution is 7.91. The molecule has 1 saturated heterocycles. The van der Waals surface area contributed by atoms with E-state index in [1.807, 2.05) is 17.5 Å². The van der Waals surface area contributed by atoms with Gasteiger partial charge in [-0.25, -0.2) is 8.42 Å². The second-order valence-electron chi connectivity index (χ2n) is 5.39. The van der Waals surface area contributed by atoms with Crippen LogP contribution in [-0.4, -0.2) is 38.4 Å². The molecule has 0 spiro atoms. The Morgan fingerprint density at radius 3 is 3.00 bits per heavy atom. The smallest absolute Gasteiger partial charge is 0.222 e. The van der Waals surface area contributed by atoms with Crippen LogP contribution in [0.2, 0.25) is 0 Å². The standard InChI is InChI=1S/C14H22N2O3S2/c1-2-4-12(13-5-3-7-20-13)16-14(17)9-11-10-21(18,19)8-6-15-11/h3,5,7,11-12,15H,2,4,6,8-10H2,1H3,(H,16,17). The minimum atomic E-state index is -3.00. The van der Waals surface area contributed by atoms with Gasteiger partial charge in [0.2, 0.25) is 5.91 Å². The molecule has 1 aliphatic heterocycles. The maximum absolute atomic E-state index is 12.2. The predicted molar refractivity (Wildman–Crippen MR) is 85.2 cm³/mol. The van der Waals surface area contributed by atoms with Crippen molar-refractivity contribution in [3.63, 3.8) is 0 Å². The summed E-state index contributed by atoms with van der Waals surface area (Å²) < 4.78 is 23.2. The van der Waals surface area contributed by atoms with Crippen LogP contribution in [0, 0.1) is 0 Å². The van der Waals surface area contributed by atoms with Crippen LogP contribution >= 0.6 is 11.3 Å². The van der Waals surface area contributed by atoms with E-state index in [2.05, 4.69) is 17.6 Å². The molecule has 21 heavy (non-hydrogen) atoms. The van der Waals surface area contributed by atoms with Crippen LogP contribution in [0.5, 0.6) is 0 Å². The first-order chi connectivity index (χ1) is 10.00. The van der Waals surface area contributed by atoms with E-state index < -0.39 is 9.84 Å². The van der Waals surface area contributed by atoms with Crippen LogP contribution in [0.25, 0.3) is 0 Å². The monoisotopic (exact) mass is 330 g/mol. The molecule has 0 aliphatic carbocycles. The fourth-order valence-corrected chi connectivity index (χ4v) is 4.80. The van der Waals surface area contributed by atoms with E-state index >= 15 is 0 Å². The first-order valence-corrected chi connectivity index (χ1v) is 9.97. The summed E-state index contributed by atoms with van der Waals surface area (Å²) in [4.78, 5) is 13.3. The Morgan fingerprint density at radius 1 is 1.57 bits per heavy atom. The number of hydrogen-bond donors (Lipinski definition) is 2. The fraction of sp³-hybridized carbons (Fsp3) is 0.643. The Labute approximate surface area is 130 Å². The summed E-state index contributed by atoms with van der Waals surface area (Å²) in [5.41, 5.74) is 0. The van der Waals surface area contributed by atoms with Crippen molar-refractivity contribution in [3.05, 3.63) is 22.4 Å². The van der Waals surface area contributed by atoms with Crippen molar-refractivity contribution in [2.45, 2.75) is 38.3 Å². The normalized spacial score (nSPS) is 22.6. The molecule has 1 fully saturated rings. The number of hydrogen-bond acceptors (Lipinski definition) is 5. The molecule has 5 nitrogen and oxygen atoms in total. The Bertz CT molecular complexity index is 555. The lowest BCUT2D eigenvalue weighted by Gasteiger charge is -2.24. The van der Waals surface area contributed by atoms with Crippen molar-refractivity contribution < 1.29 is 13.2 Å². The van der Waals surface area contributed by atoms with Crippen molar-refractivity contribution >= 4 is 27.1 Å². The minimum absolute atomic E-state index is 0.0303. The maximum atomic E-state index is 12.2. The molecule has 0 bridgehead atoms. The molecule has 0 aromatic carbocycles. The van der Waals surface area contributed by atoms with Crippen molar-refractivity contribution in [3.8, 4) is 0 Å². The van der Waals surface area contributed by atoms with Crippen LogP contribution in [0.1, 0.15) is 37.1 Å². The van der Waals surface area contributed by atoms with Gasteiger partial charge in [-0.1, -0.05) is 19.4 Å². The highest BCUT2D eigenvalue weighted by Crippen LogP contribution is 2.23. The number of thiophene rings is 1. The Balaban J connectivity index is 1.90. The van der Waals surface area contributed by atoms with Gasteiger partial charge in [0.15, 0.2) is 9.84 Å². The van der Waals surface area contributed by atoms with E-state index in [4.69, 9.17) is 0 Å². The third-order valence-corrected chi connectivity index (χ3v) is 6.25. The van der Waals surface area contributed by atoms with E-state index in [-0.39, 0.29) is 35.9 Å². The zero-order valence-electron chi connectivity index (χ0n) is 12.2. The van der Waals surface area contributed by atoms with E-state index in [9.17, 15) is 13.2 Å². The highest BCUT2D eigenvalue weighted by Gasteiger charge is 2.26. The van der Waals surface area contributed by atoms with Crippen LogP contribution in [0.3, 0.4) is 0 Å². The average Bonchev–Trinajstić information content (AvgIpc) is 2.90. The number of sulfone groups is 1. The zero-order chi connectivity index (χ0) is 15.3. The third-order valence-electron chi connectivity index (χ3n) is 3.53. The summed E-state index contributed by atoms with van der Waals surface area (Å²) in [5.74, 6) is 0.132. The van der Waals surface area contributed by atoms with Crippen molar-refractivity contribution in [2.75, 3.05) is 18.1 Å². The molecule has 1 aromatic rings. The minimum Gasteiger partial charge on any atom is -0.348 e. The summed E-state index contributed by atoms with van der Waals surface area (Å²) in [6, 6.07) is 3.76. The zero-order valence-corrected chi connectivity index (χ0v) is 13.8. The molecule has 1 aliphatic rings. The number of carbonyl (C=O) groups excluding carboxylic acids is 1. The summed E-state index contributed by atoms with van der Waals surface area (Å²) >= 11 is 1.63. The van der Waals surface area contributed by atoms with E-state index in [1.54, 1.807) is 11.3 Å². The quantitative estimate of drug-likeness (QED) is 0.828. The molecule has 2 unspecified atom stereocenters. The summed E-state index contributed by atoms with van der Waals surface area (Å²) in [6.45, 7) is 2.52. The van der Waals surface area contributed by atoms with Crippen LogP contribution in [0.4, 0.5) is 0 Å². The topological polar surface area (TPSA) is 75.3 Å². The van der Waals surface area contributed by atoms with E-state index in [1.165, 1.54) is 0 Å². The fourth-order valence-electron chi connectivity index (χ4n) is 2.54. The lowest BCUT2D eigenvalue weighted by Crippen LogP contribution is -2.47. The van der Waals surface area contributed by atoms with E-state index in [0.717, 1.165) is 17.7 Å². The van der Waals surface area contributed by atoms with Gasteiger partial charge in [-0.15, -0.1) is 11.3 Å². The molecule has 7 heteroatoms. The molecule has 0 radical (unpaired) electrons. The lowest BCUT2D eigenvalue weighted by molar-refractivity contribution is -0.122. The second kappa shape index (κ2) is 7.38. The van der Waals surface area contributed by atoms with Crippen molar-refractivity contribution in [1.82, 2.24) is 10.6 Å². The first-order valence-electron chi connectivity index (χ1n) is 7.26. The van der Waals surface area contributed by atoms with Crippen LogP contribution in [-0.2, 0) is 14.6 Å². The number of nitrogens with one attached hydrogen (secondary N) is 2. The lowest BCUT2D eigenvalue weighted by atomic mass is 10.1. The highest BCUT2D eigenvalue weighted by atomic mass is 32.2. The van der Waals surface area contributed by atoms with Gasteiger partial charge in [-0.2, -0.15) is 0 Å². The Kier molecular flexibility index (Phi) is 5.78. The average molecular weight is 330 g/mol. The Morgan fingerprint density at radius 2 is 2.38 bits per heavy atom. The molecule has 2 N–H and O–H groups in total. The van der Waals surface area contributed by atoms with Gasteiger partial charge in [0.25, 0.3) is 0 Å². The van der Waals surface area contributed by atoms with Gasteiger partial charge < -0.3 is 10.6 Å². The number of amides is 1. The molecule has 118 valence electrons. The largest absolute Gasteiger partial charge is 0.348 e. The van der Waals surface area contributed by atoms with Crippen molar-refractivity contribution in [2.24, 2.45) is 0 Å². The molecular weight excluding hydrogens is 308 g/mol. The van der Waals surface area contributed by atoms with Gasteiger partial charge in [-0.05, 0) is 17.9 Å². The summed E-state index contributed by atoms with van der Waals surface area (Å²) in [6.07, 6.45) is 2.09. The first kappa shape index (κ1) is 16.5. The third kappa shape index (κ3) is 5.09. The van der Waals surface area contributed by atoms with Gasteiger partial charge in [0.1, 0.15) is 0 Å². The van der Waals surface area contributed by atoms with Gasteiger partial charge in [-0.3, -0.25) is 4.79 Å². The molecular formula is C14H22N2O3S2. The van der Waals surface area contributed by atoms with Gasteiger partial charge in [0.05, 0.1) is 17.5 Å². The number of rotatable bonds is 6. The summed E-state index contributed by atoms with van der Waals surface area (Å²) in [7, 11) is -3.00. The predicted octanol–water partition coefficient (Wildman–Crippen LogP) is 1.48. The maximum Gasteiger partial charge on any atom is 0.222 e. The molecule has 0 saturated carbocycles. The SMILES string of the molecule is CCCC(NC(=O)CC1CS(=O)(=O)CCN1)c1cccs1. The van der Waals surface area contributed by atoms with E-state index in [0.29, 0.717) is 6.54 Å². The van der Waals surface area contributed by atoms with Gasteiger partial charge >= 0.3 is 0 Å². The summed E-state index contributed by atoms with van der Waals surface area (Å²) in [5, 5.41) is 8.14. The molecule has 2 heterocycles. The molecule has 1 amide bonds. The second-order valence-corrected chi connectivity index (χ2v) is 8.60. The molecule has 2 atom stereocenters. The van der Waals surface area contributed by atoms with Crippen LogP contribution < -0.4 is 10.6 Å².